The number of anilines is 4. The van der Waals surface area contributed by atoms with Gasteiger partial charge in [0.15, 0.2) is 0 Å². The predicted octanol–water partition coefficient (Wildman–Crippen LogP) is 4.36. The minimum Gasteiger partial charge on any atom is -0.376 e. The van der Waals surface area contributed by atoms with E-state index in [9.17, 15) is 14.4 Å². The molecule has 0 saturated heterocycles. The van der Waals surface area contributed by atoms with E-state index in [0.29, 0.717) is 29.2 Å². The second-order valence-electron chi connectivity index (χ2n) is 7.13. The molecule has 3 aromatic carbocycles. The Balaban J connectivity index is 1.59. The molecule has 164 valence electrons. The number of hydrogen-bond donors (Lipinski definition) is 3. The van der Waals surface area contributed by atoms with Crippen molar-refractivity contribution in [2.75, 3.05) is 33.9 Å². The lowest BCUT2D eigenvalue weighted by molar-refractivity contribution is -0.115. The van der Waals surface area contributed by atoms with Crippen molar-refractivity contribution in [1.29, 1.82) is 0 Å². The van der Waals surface area contributed by atoms with Crippen LogP contribution in [0.3, 0.4) is 0 Å². The van der Waals surface area contributed by atoms with E-state index in [1.807, 2.05) is 43.3 Å². The molecule has 0 aromatic heterocycles. The summed E-state index contributed by atoms with van der Waals surface area (Å²) >= 11 is 0. The van der Waals surface area contributed by atoms with Crippen molar-refractivity contribution in [3.63, 3.8) is 0 Å². The summed E-state index contributed by atoms with van der Waals surface area (Å²) in [5.41, 5.74) is 3.33. The van der Waals surface area contributed by atoms with Crippen molar-refractivity contribution < 1.29 is 14.4 Å². The molecule has 3 aromatic rings. The third-order valence-corrected chi connectivity index (χ3v) is 4.68. The van der Waals surface area contributed by atoms with Crippen molar-refractivity contribution in [2.45, 2.75) is 13.8 Å². The lowest BCUT2D eigenvalue weighted by Crippen LogP contribution is -2.30. The summed E-state index contributed by atoms with van der Waals surface area (Å²) in [6, 6.07) is 23.5. The third kappa shape index (κ3) is 6.18. The Hall–Kier alpha value is -4.13. The van der Waals surface area contributed by atoms with E-state index in [4.69, 9.17) is 0 Å². The molecule has 32 heavy (non-hydrogen) atoms. The van der Waals surface area contributed by atoms with Gasteiger partial charge < -0.3 is 20.9 Å². The van der Waals surface area contributed by atoms with Crippen molar-refractivity contribution in [3.8, 4) is 0 Å². The maximum atomic E-state index is 13.0. The molecule has 0 aliphatic rings. The molecule has 3 rings (SSSR count). The van der Waals surface area contributed by atoms with E-state index in [2.05, 4.69) is 16.0 Å². The largest absolute Gasteiger partial charge is 0.376 e. The maximum Gasteiger partial charge on any atom is 0.258 e. The lowest BCUT2D eigenvalue weighted by atomic mass is 10.1. The summed E-state index contributed by atoms with van der Waals surface area (Å²) in [6.07, 6.45) is 0. The Bertz CT molecular complexity index is 1080. The maximum absolute atomic E-state index is 13.0. The molecule has 0 spiro atoms. The van der Waals surface area contributed by atoms with Gasteiger partial charge in [0.25, 0.3) is 5.91 Å². The number of carbonyl (C=O) groups is 3. The van der Waals surface area contributed by atoms with Gasteiger partial charge in [0, 0.05) is 41.8 Å². The molecule has 0 radical (unpaired) electrons. The highest BCUT2D eigenvalue weighted by molar-refractivity contribution is 6.06. The number of amides is 3. The van der Waals surface area contributed by atoms with E-state index in [-0.39, 0.29) is 24.3 Å². The first kappa shape index (κ1) is 22.6. The molecule has 3 N–H and O–H groups in total. The molecule has 0 fully saturated rings. The summed E-state index contributed by atoms with van der Waals surface area (Å²) in [7, 11) is 0. The Labute approximate surface area is 187 Å². The van der Waals surface area contributed by atoms with E-state index in [0.717, 1.165) is 5.69 Å². The zero-order chi connectivity index (χ0) is 22.9. The van der Waals surface area contributed by atoms with Gasteiger partial charge in [0.1, 0.15) is 0 Å². The monoisotopic (exact) mass is 430 g/mol. The number of hydrogen-bond acceptors (Lipinski definition) is 4. The smallest absolute Gasteiger partial charge is 0.258 e. The van der Waals surface area contributed by atoms with Gasteiger partial charge in [-0.25, -0.2) is 0 Å². The van der Waals surface area contributed by atoms with Crippen LogP contribution in [0, 0.1) is 0 Å². The number of nitrogens with zero attached hydrogens (tertiary/aromatic N) is 1. The van der Waals surface area contributed by atoms with Crippen molar-refractivity contribution in [1.82, 2.24) is 0 Å². The van der Waals surface area contributed by atoms with Crippen LogP contribution in [-0.4, -0.2) is 30.8 Å². The van der Waals surface area contributed by atoms with E-state index in [1.54, 1.807) is 47.4 Å². The highest BCUT2D eigenvalue weighted by atomic mass is 16.2. The molecule has 7 heteroatoms. The lowest BCUT2D eigenvalue weighted by Gasteiger charge is -2.21. The number of carbonyl (C=O) groups excluding carboxylic acids is 3. The van der Waals surface area contributed by atoms with Crippen LogP contribution in [0.15, 0.2) is 78.9 Å². The van der Waals surface area contributed by atoms with Crippen molar-refractivity contribution in [2.24, 2.45) is 0 Å². The Morgan fingerprint density at radius 2 is 1.44 bits per heavy atom. The Morgan fingerprint density at radius 3 is 2.06 bits per heavy atom. The topological polar surface area (TPSA) is 90.5 Å². The third-order valence-electron chi connectivity index (χ3n) is 4.68. The van der Waals surface area contributed by atoms with Gasteiger partial charge in [-0.1, -0.05) is 24.3 Å². The number of rotatable bonds is 8. The molecule has 0 atom stereocenters. The number of benzene rings is 3. The van der Waals surface area contributed by atoms with E-state index >= 15 is 0 Å². The van der Waals surface area contributed by atoms with Crippen molar-refractivity contribution in [3.05, 3.63) is 84.4 Å². The van der Waals surface area contributed by atoms with Crippen LogP contribution in [0.5, 0.6) is 0 Å². The first-order valence-electron chi connectivity index (χ1n) is 10.3. The quantitative estimate of drug-likeness (QED) is 0.495. The first-order valence-corrected chi connectivity index (χ1v) is 10.3. The van der Waals surface area contributed by atoms with E-state index in [1.165, 1.54) is 6.92 Å². The fraction of sp³-hybridized carbons (Fsp3) is 0.160. The molecule has 0 saturated carbocycles. The zero-order valence-electron chi connectivity index (χ0n) is 18.1. The normalized spacial score (nSPS) is 10.2. The fourth-order valence-electron chi connectivity index (χ4n) is 3.20. The van der Waals surface area contributed by atoms with Gasteiger partial charge in [-0.15, -0.1) is 0 Å². The van der Waals surface area contributed by atoms with Crippen LogP contribution in [0.2, 0.25) is 0 Å². The SMILES string of the molecule is CCN(C(=O)c1cccc(NCC(=O)Nc2ccc(NC(C)=O)cc2)c1)c1ccccc1. The summed E-state index contributed by atoms with van der Waals surface area (Å²) < 4.78 is 0. The number of para-hydroxylation sites is 1. The van der Waals surface area contributed by atoms with Crippen LogP contribution in [0.4, 0.5) is 22.7 Å². The molecule has 0 aliphatic heterocycles. The highest BCUT2D eigenvalue weighted by Gasteiger charge is 2.16. The molecule has 0 aliphatic carbocycles. The van der Waals surface area contributed by atoms with Gasteiger partial charge in [-0.2, -0.15) is 0 Å². The Kier molecular flexibility index (Phi) is 7.59. The van der Waals surface area contributed by atoms with Crippen LogP contribution >= 0.6 is 0 Å². The summed E-state index contributed by atoms with van der Waals surface area (Å²) in [6.45, 7) is 3.95. The molecule has 0 bridgehead atoms. The van der Waals surface area contributed by atoms with Gasteiger partial charge in [0.2, 0.25) is 11.8 Å². The Morgan fingerprint density at radius 1 is 0.781 bits per heavy atom. The molecule has 0 unspecified atom stereocenters. The molecule has 0 heterocycles. The molecule has 3 amide bonds. The molecular formula is C25H26N4O3. The minimum atomic E-state index is -0.228. The van der Waals surface area contributed by atoms with Gasteiger partial charge in [0.05, 0.1) is 6.54 Å². The second-order valence-corrected chi connectivity index (χ2v) is 7.13. The van der Waals surface area contributed by atoms with Gasteiger partial charge >= 0.3 is 0 Å². The molecule has 7 nitrogen and oxygen atoms in total. The number of nitrogens with one attached hydrogen (secondary N) is 3. The van der Waals surface area contributed by atoms with E-state index < -0.39 is 0 Å². The van der Waals surface area contributed by atoms with Crippen LogP contribution in [-0.2, 0) is 9.59 Å². The first-order chi connectivity index (χ1) is 15.5. The summed E-state index contributed by atoms with van der Waals surface area (Å²) in [5, 5.41) is 8.52. The standard InChI is InChI=1S/C25H26N4O3/c1-3-29(23-10-5-4-6-11-23)25(32)19-8-7-9-22(16-19)26-17-24(31)28-21-14-12-20(13-15-21)27-18(2)30/h4-16,26H,3,17H2,1-2H3,(H,27,30)(H,28,31). The minimum absolute atomic E-state index is 0.0429. The zero-order valence-corrected chi connectivity index (χ0v) is 18.1. The van der Waals surface area contributed by atoms with Gasteiger partial charge in [-0.3, -0.25) is 14.4 Å². The van der Waals surface area contributed by atoms with Crippen molar-refractivity contribution >= 4 is 40.5 Å². The molecular weight excluding hydrogens is 404 g/mol. The summed E-state index contributed by atoms with van der Waals surface area (Å²) in [5.74, 6) is -0.489. The fourth-order valence-corrected chi connectivity index (χ4v) is 3.20. The average molecular weight is 431 g/mol. The van der Waals surface area contributed by atoms with Crippen LogP contribution in [0.1, 0.15) is 24.2 Å². The van der Waals surface area contributed by atoms with Crippen LogP contribution in [0.25, 0.3) is 0 Å². The second kappa shape index (κ2) is 10.8. The van der Waals surface area contributed by atoms with Gasteiger partial charge in [-0.05, 0) is 61.5 Å². The average Bonchev–Trinajstić information content (AvgIpc) is 2.80. The summed E-state index contributed by atoms with van der Waals surface area (Å²) in [4.78, 5) is 38.1. The highest BCUT2D eigenvalue weighted by Crippen LogP contribution is 2.19. The predicted molar refractivity (Wildman–Crippen MR) is 128 cm³/mol. The van der Waals surface area contributed by atoms with Crippen LogP contribution < -0.4 is 20.9 Å².